The number of nitrogens with zero attached hydrogens (tertiary/aromatic N) is 3. The highest BCUT2D eigenvalue weighted by atomic mass is 32.2. The van der Waals surface area contributed by atoms with Crippen LogP contribution in [0.5, 0.6) is 0 Å². The monoisotopic (exact) mass is 282 g/mol. The van der Waals surface area contributed by atoms with Gasteiger partial charge in [-0.15, -0.1) is 0 Å². The zero-order chi connectivity index (χ0) is 14.0. The van der Waals surface area contributed by atoms with Gasteiger partial charge in [-0.2, -0.15) is 0 Å². The minimum absolute atomic E-state index is 0.366. The van der Waals surface area contributed by atoms with Crippen molar-refractivity contribution in [3.63, 3.8) is 0 Å². The maximum atomic E-state index is 11.9. The standard InChI is InChI=1S/C12H18N4O2S/c1-4-6-7-19-12-13-9-8(16(12)5-2)10(17)14-11(18)15(9)3/h4-7H2,1-3H3,(H,14,17,18). The van der Waals surface area contributed by atoms with Gasteiger partial charge in [-0.25, -0.2) is 9.78 Å². The molecule has 2 rings (SSSR count). The van der Waals surface area contributed by atoms with E-state index in [0.29, 0.717) is 17.7 Å². The Hall–Kier alpha value is -1.50. The van der Waals surface area contributed by atoms with Crippen LogP contribution in [0.4, 0.5) is 0 Å². The molecule has 0 spiro atoms. The topological polar surface area (TPSA) is 72.7 Å². The Morgan fingerprint density at radius 1 is 1.32 bits per heavy atom. The second kappa shape index (κ2) is 5.64. The van der Waals surface area contributed by atoms with Gasteiger partial charge in [0, 0.05) is 19.3 Å². The number of aryl methyl sites for hydroxylation is 2. The molecule has 0 atom stereocenters. The zero-order valence-electron chi connectivity index (χ0n) is 11.4. The summed E-state index contributed by atoms with van der Waals surface area (Å²) in [6, 6.07) is 0. The van der Waals surface area contributed by atoms with E-state index >= 15 is 0 Å². The molecular weight excluding hydrogens is 264 g/mol. The fourth-order valence-corrected chi connectivity index (χ4v) is 3.07. The third-order valence-electron chi connectivity index (χ3n) is 3.02. The predicted octanol–water partition coefficient (Wildman–Crippen LogP) is 1.34. The molecule has 0 amide bonds. The molecule has 0 saturated carbocycles. The van der Waals surface area contributed by atoms with Crippen LogP contribution >= 0.6 is 11.8 Å². The lowest BCUT2D eigenvalue weighted by atomic mass is 10.4. The van der Waals surface area contributed by atoms with Crippen LogP contribution in [0, 0.1) is 0 Å². The van der Waals surface area contributed by atoms with Crippen LogP contribution in [0.25, 0.3) is 11.2 Å². The number of H-pyrrole nitrogens is 1. The minimum atomic E-state index is -0.427. The highest BCUT2D eigenvalue weighted by molar-refractivity contribution is 7.99. The summed E-state index contributed by atoms with van der Waals surface area (Å²) in [5.41, 5.74) is 0.136. The molecule has 0 bridgehead atoms. The molecule has 0 unspecified atom stereocenters. The van der Waals surface area contributed by atoms with Gasteiger partial charge in [0.2, 0.25) is 0 Å². The Kier molecular flexibility index (Phi) is 4.14. The summed E-state index contributed by atoms with van der Waals surface area (Å²) in [4.78, 5) is 30.3. The minimum Gasteiger partial charge on any atom is -0.313 e. The molecule has 2 aromatic rings. The van der Waals surface area contributed by atoms with Gasteiger partial charge in [0.15, 0.2) is 16.3 Å². The van der Waals surface area contributed by atoms with Crippen molar-refractivity contribution in [3.05, 3.63) is 20.8 Å². The molecule has 7 heteroatoms. The number of hydrogen-bond donors (Lipinski definition) is 1. The summed E-state index contributed by atoms with van der Waals surface area (Å²) in [6.45, 7) is 4.76. The maximum Gasteiger partial charge on any atom is 0.329 e. The molecule has 19 heavy (non-hydrogen) atoms. The van der Waals surface area contributed by atoms with Crippen molar-refractivity contribution in [3.8, 4) is 0 Å². The lowest BCUT2D eigenvalue weighted by Crippen LogP contribution is -2.29. The van der Waals surface area contributed by atoms with Crippen molar-refractivity contribution in [1.29, 1.82) is 0 Å². The van der Waals surface area contributed by atoms with Gasteiger partial charge in [0.25, 0.3) is 5.56 Å². The summed E-state index contributed by atoms with van der Waals surface area (Å²) in [5.74, 6) is 0.964. The summed E-state index contributed by atoms with van der Waals surface area (Å²) in [7, 11) is 1.62. The molecule has 104 valence electrons. The van der Waals surface area contributed by atoms with E-state index in [4.69, 9.17) is 0 Å². The van der Waals surface area contributed by atoms with E-state index in [1.165, 1.54) is 4.57 Å². The summed E-state index contributed by atoms with van der Waals surface area (Å²) >= 11 is 1.63. The highest BCUT2D eigenvalue weighted by Gasteiger charge is 2.16. The lowest BCUT2D eigenvalue weighted by Gasteiger charge is -2.04. The molecule has 0 aliphatic carbocycles. The molecule has 0 saturated heterocycles. The van der Waals surface area contributed by atoms with Crippen LogP contribution in [0.1, 0.15) is 26.7 Å². The van der Waals surface area contributed by atoms with E-state index < -0.39 is 5.69 Å². The predicted molar refractivity (Wildman–Crippen MR) is 76.9 cm³/mol. The molecule has 0 aromatic carbocycles. The zero-order valence-corrected chi connectivity index (χ0v) is 12.2. The number of thioether (sulfide) groups is 1. The molecule has 0 aliphatic heterocycles. The first-order chi connectivity index (χ1) is 9.10. The second-order valence-electron chi connectivity index (χ2n) is 4.33. The second-order valence-corrected chi connectivity index (χ2v) is 5.39. The summed E-state index contributed by atoms with van der Waals surface area (Å²) < 4.78 is 3.25. The van der Waals surface area contributed by atoms with Gasteiger partial charge in [0.05, 0.1) is 0 Å². The average Bonchev–Trinajstić information content (AvgIpc) is 2.75. The van der Waals surface area contributed by atoms with Crippen LogP contribution < -0.4 is 11.2 Å². The van der Waals surface area contributed by atoms with Crippen molar-refractivity contribution in [1.82, 2.24) is 19.1 Å². The van der Waals surface area contributed by atoms with Crippen molar-refractivity contribution in [2.24, 2.45) is 7.05 Å². The number of aromatic amines is 1. The maximum absolute atomic E-state index is 11.9. The highest BCUT2D eigenvalue weighted by Crippen LogP contribution is 2.22. The molecule has 6 nitrogen and oxygen atoms in total. The van der Waals surface area contributed by atoms with Gasteiger partial charge in [-0.1, -0.05) is 25.1 Å². The fourth-order valence-electron chi connectivity index (χ4n) is 1.93. The Morgan fingerprint density at radius 3 is 2.68 bits per heavy atom. The third kappa shape index (κ3) is 2.47. The normalized spacial score (nSPS) is 11.3. The number of nitrogens with one attached hydrogen (secondary N) is 1. The van der Waals surface area contributed by atoms with Crippen molar-refractivity contribution in [2.45, 2.75) is 38.4 Å². The van der Waals surface area contributed by atoms with E-state index in [9.17, 15) is 9.59 Å². The first-order valence-corrected chi connectivity index (χ1v) is 7.41. The van der Waals surface area contributed by atoms with Gasteiger partial charge < -0.3 is 4.57 Å². The van der Waals surface area contributed by atoms with Crippen LogP contribution in [0.3, 0.4) is 0 Å². The molecule has 2 heterocycles. The molecule has 0 radical (unpaired) electrons. The van der Waals surface area contributed by atoms with Crippen LogP contribution in [-0.2, 0) is 13.6 Å². The SMILES string of the molecule is CCCCSc1nc2c(c(=O)[nH]c(=O)n2C)n1CC. The lowest BCUT2D eigenvalue weighted by molar-refractivity contribution is 0.699. The number of hydrogen-bond acceptors (Lipinski definition) is 4. The van der Waals surface area contributed by atoms with E-state index in [0.717, 1.165) is 23.8 Å². The number of imidazole rings is 1. The third-order valence-corrected chi connectivity index (χ3v) is 4.08. The molecule has 0 fully saturated rings. The number of unbranched alkanes of at least 4 members (excludes halogenated alkanes) is 1. The molecule has 2 aromatic heterocycles. The average molecular weight is 282 g/mol. The van der Waals surface area contributed by atoms with Gasteiger partial charge >= 0.3 is 5.69 Å². The summed E-state index contributed by atoms with van der Waals surface area (Å²) in [6.07, 6.45) is 2.23. The van der Waals surface area contributed by atoms with E-state index in [-0.39, 0.29) is 5.56 Å². The number of aromatic nitrogens is 4. The van der Waals surface area contributed by atoms with Gasteiger partial charge in [0.1, 0.15) is 0 Å². The Bertz CT molecular complexity index is 698. The molecule has 1 N–H and O–H groups in total. The van der Waals surface area contributed by atoms with Crippen molar-refractivity contribution >= 4 is 22.9 Å². The first-order valence-electron chi connectivity index (χ1n) is 6.42. The largest absolute Gasteiger partial charge is 0.329 e. The smallest absolute Gasteiger partial charge is 0.313 e. The molecular formula is C12H18N4O2S. The Labute approximate surface area is 114 Å². The first kappa shape index (κ1) is 13.9. The summed E-state index contributed by atoms with van der Waals surface area (Å²) in [5, 5.41) is 0.803. The number of rotatable bonds is 5. The Balaban J connectivity index is 2.60. The van der Waals surface area contributed by atoms with Crippen LogP contribution in [0.2, 0.25) is 0 Å². The van der Waals surface area contributed by atoms with Crippen molar-refractivity contribution < 1.29 is 0 Å². The van der Waals surface area contributed by atoms with Crippen LogP contribution in [0.15, 0.2) is 14.7 Å². The molecule has 0 aliphatic rings. The van der Waals surface area contributed by atoms with E-state index in [1.54, 1.807) is 18.8 Å². The quantitative estimate of drug-likeness (QED) is 0.663. The number of fused-ring (bicyclic) bond motifs is 1. The van der Waals surface area contributed by atoms with Crippen molar-refractivity contribution in [2.75, 3.05) is 5.75 Å². The van der Waals surface area contributed by atoms with E-state index in [2.05, 4.69) is 16.9 Å². The van der Waals surface area contributed by atoms with Gasteiger partial charge in [-0.05, 0) is 13.3 Å². The fraction of sp³-hybridized carbons (Fsp3) is 0.583. The van der Waals surface area contributed by atoms with Crippen LogP contribution in [-0.4, -0.2) is 24.9 Å². The Morgan fingerprint density at radius 2 is 2.05 bits per heavy atom. The van der Waals surface area contributed by atoms with Gasteiger partial charge in [-0.3, -0.25) is 14.3 Å². The van der Waals surface area contributed by atoms with E-state index in [1.807, 2.05) is 11.5 Å².